The third-order valence-electron chi connectivity index (χ3n) is 4.45. The van der Waals surface area contributed by atoms with Gasteiger partial charge in [0.15, 0.2) is 0 Å². The van der Waals surface area contributed by atoms with Crippen molar-refractivity contribution in [2.45, 2.75) is 65.8 Å². The zero-order valence-corrected chi connectivity index (χ0v) is 14.2. The van der Waals surface area contributed by atoms with Crippen molar-refractivity contribution in [3.63, 3.8) is 0 Å². The lowest BCUT2D eigenvalue weighted by molar-refractivity contribution is 0.523. The van der Waals surface area contributed by atoms with E-state index in [4.69, 9.17) is 4.98 Å². The summed E-state index contributed by atoms with van der Waals surface area (Å²) in [6.07, 6.45) is 6.52. The van der Waals surface area contributed by atoms with E-state index in [0.29, 0.717) is 6.04 Å². The summed E-state index contributed by atoms with van der Waals surface area (Å²) in [6.45, 7) is 9.81. The van der Waals surface area contributed by atoms with E-state index in [0.717, 1.165) is 29.9 Å². The van der Waals surface area contributed by atoms with Gasteiger partial charge in [0.2, 0.25) is 0 Å². The van der Waals surface area contributed by atoms with Crippen LogP contribution in [-0.2, 0) is 0 Å². The van der Waals surface area contributed by atoms with Crippen LogP contribution in [0.25, 0.3) is 0 Å². The van der Waals surface area contributed by atoms with Crippen LogP contribution < -0.4 is 10.2 Å². The van der Waals surface area contributed by atoms with E-state index in [1.54, 1.807) is 0 Å². The number of aryl methyl sites for hydroxylation is 1. The number of aromatic nitrogens is 2. The highest BCUT2D eigenvalue weighted by Crippen LogP contribution is 2.31. The van der Waals surface area contributed by atoms with Crippen LogP contribution in [0.2, 0.25) is 0 Å². The van der Waals surface area contributed by atoms with E-state index in [2.05, 4.69) is 36.0 Å². The van der Waals surface area contributed by atoms with Crippen LogP contribution >= 0.6 is 0 Å². The molecule has 0 aliphatic heterocycles. The molecule has 1 fully saturated rings. The SMILES string of the molecule is CNc1nc(C)nc(N(CCC(C)C)C2CCCC2)c1C. The van der Waals surface area contributed by atoms with Crippen molar-refractivity contribution in [2.24, 2.45) is 5.92 Å². The van der Waals surface area contributed by atoms with Crippen molar-refractivity contribution in [2.75, 3.05) is 23.8 Å². The topological polar surface area (TPSA) is 41.1 Å². The van der Waals surface area contributed by atoms with Crippen molar-refractivity contribution in [3.05, 3.63) is 11.4 Å². The maximum absolute atomic E-state index is 4.78. The fraction of sp³-hybridized carbons (Fsp3) is 0.765. The summed E-state index contributed by atoms with van der Waals surface area (Å²) in [5.41, 5.74) is 1.18. The molecule has 4 heteroatoms. The van der Waals surface area contributed by atoms with E-state index >= 15 is 0 Å². The molecule has 1 aromatic rings. The number of anilines is 2. The maximum Gasteiger partial charge on any atom is 0.137 e. The molecule has 1 heterocycles. The summed E-state index contributed by atoms with van der Waals surface area (Å²) in [4.78, 5) is 11.8. The lowest BCUT2D eigenvalue weighted by Crippen LogP contribution is -2.36. The van der Waals surface area contributed by atoms with Crippen molar-refractivity contribution in [1.29, 1.82) is 0 Å². The Kier molecular flexibility index (Phi) is 5.43. The molecule has 2 rings (SSSR count). The molecule has 118 valence electrons. The number of hydrogen-bond acceptors (Lipinski definition) is 4. The van der Waals surface area contributed by atoms with Crippen molar-refractivity contribution in [1.82, 2.24) is 9.97 Å². The molecule has 0 bridgehead atoms. The van der Waals surface area contributed by atoms with E-state index in [-0.39, 0.29) is 0 Å². The molecule has 21 heavy (non-hydrogen) atoms. The largest absolute Gasteiger partial charge is 0.373 e. The smallest absolute Gasteiger partial charge is 0.137 e. The van der Waals surface area contributed by atoms with Crippen molar-refractivity contribution in [3.8, 4) is 0 Å². The molecule has 1 aliphatic carbocycles. The molecule has 1 N–H and O–H groups in total. The average molecular weight is 290 g/mol. The first-order valence-corrected chi connectivity index (χ1v) is 8.32. The Morgan fingerprint density at radius 1 is 1.19 bits per heavy atom. The van der Waals surface area contributed by atoms with Gasteiger partial charge in [-0.2, -0.15) is 0 Å². The van der Waals surface area contributed by atoms with Crippen LogP contribution in [0.4, 0.5) is 11.6 Å². The molecular weight excluding hydrogens is 260 g/mol. The molecule has 1 aromatic heterocycles. The van der Waals surface area contributed by atoms with Gasteiger partial charge < -0.3 is 10.2 Å². The van der Waals surface area contributed by atoms with Gasteiger partial charge in [-0.25, -0.2) is 9.97 Å². The van der Waals surface area contributed by atoms with Gasteiger partial charge in [-0.15, -0.1) is 0 Å². The molecule has 4 nitrogen and oxygen atoms in total. The van der Waals surface area contributed by atoms with Gasteiger partial charge in [-0.3, -0.25) is 0 Å². The predicted molar refractivity (Wildman–Crippen MR) is 90.1 cm³/mol. The van der Waals surface area contributed by atoms with E-state index in [9.17, 15) is 0 Å². The zero-order chi connectivity index (χ0) is 15.4. The van der Waals surface area contributed by atoms with Gasteiger partial charge in [0.05, 0.1) is 0 Å². The molecule has 0 unspecified atom stereocenters. The summed E-state index contributed by atoms with van der Waals surface area (Å²) in [6, 6.07) is 0.654. The first-order valence-electron chi connectivity index (χ1n) is 8.32. The third kappa shape index (κ3) is 3.86. The highest BCUT2D eigenvalue weighted by Gasteiger charge is 2.26. The molecular formula is C17H30N4. The van der Waals surface area contributed by atoms with Crippen LogP contribution in [0.15, 0.2) is 0 Å². The quantitative estimate of drug-likeness (QED) is 0.862. The van der Waals surface area contributed by atoms with Gasteiger partial charge >= 0.3 is 0 Å². The van der Waals surface area contributed by atoms with Crippen LogP contribution in [0.5, 0.6) is 0 Å². The number of hydrogen-bond donors (Lipinski definition) is 1. The predicted octanol–water partition coefficient (Wildman–Crippen LogP) is 3.93. The number of rotatable bonds is 6. The Morgan fingerprint density at radius 3 is 2.43 bits per heavy atom. The summed E-state index contributed by atoms with van der Waals surface area (Å²) >= 11 is 0. The molecule has 0 aromatic carbocycles. The Hall–Kier alpha value is -1.32. The summed E-state index contributed by atoms with van der Waals surface area (Å²) in [5.74, 6) is 3.68. The first-order chi connectivity index (χ1) is 10.0. The van der Waals surface area contributed by atoms with Crippen molar-refractivity contribution < 1.29 is 0 Å². The monoisotopic (exact) mass is 290 g/mol. The summed E-state index contributed by atoms with van der Waals surface area (Å²) in [5, 5.41) is 3.21. The normalized spacial score (nSPS) is 15.7. The molecule has 1 aliphatic rings. The van der Waals surface area contributed by atoms with Gasteiger partial charge in [-0.1, -0.05) is 26.7 Å². The lowest BCUT2D eigenvalue weighted by Gasteiger charge is -2.32. The second-order valence-electron chi connectivity index (χ2n) is 6.63. The minimum absolute atomic E-state index is 0.654. The molecule has 0 spiro atoms. The Labute approximate surface area is 129 Å². The van der Waals surface area contributed by atoms with Gasteiger partial charge in [-0.05, 0) is 39.0 Å². The standard InChI is InChI=1S/C17H30N4/c1-12(2)10-11-21(15-8-6-7-9-15)17-13(3)16(18-5)19-14(4)20-17/h12,15H,6-11H2,1-5H3,(H,18,19,20). The van der Waals surface area contributed by atoms with Gasteiger partial charge in [0.25, 0.3) is 0 Å². The lowest BCUT2D eigenvalue weighted by atomic mass is 10.1. The minimum atomic E-state index is 0.654. The number of nitrogens with zero attached hydrogens (tertiary/aromatic N) is 3. The minimum Gasteiger partial charge on any atom is -0.373 e. The summed E-state index contributed by atoms with van der Waals surface area (Å²) in [7, 11) is 1.94. The zero-order valence-electron chi connectivity index (χ0n) is 14.2. The third-order valence-corrected chi connectivity index (χ3v) is 4.45. The fourth-order valence-electron chi connectivity index (χ4n) is 3.21. The molecule has 0 amide bonds. The average Bonchev–Trinajstić information content (AvgIpc) is 2.96. The highest BCUT2D eigenvalue weighted by molar-refractivity contribution is 5.59. The van der Waals surface area contributed by atoms with Crippen LogP contribution in [0.1, 0.15) is 57.3 Å². The van der Waals surface area contributed by atoms with Crippen LogP contribution in [0, 0.1) is 19.8 Å². The van der Waals surface area contributed by atoms with Crippen LogP contribution in [-0.4, -0.2) is 29.6 Å². The van der Waals surface area contributed by atoms with E-state index < -0.39 is 0 Å². The van der Waals surface area contributed by atoms with Crippen LogP contribution in [0.3, 0.4) is 0 Å². The maximum atomic E-state index is 4.78. The molecule has 1 saturated carbocycles. The van der Waals surface area contributed by atoms with E-state index in [1.807, 2.05) is 14.0 Å². The van der Waals surface area contributed by atoms with Gasteiger partial charge in [0, 0.05) is 25.2 Å². The Bertz CT molecular complexity index is 464. The first kappa shape index (κ1) is 16.1. The molecule has 0 atom stereocenters. The fourth-order valence-corrected chi connectivity index (χ4v) is 3.21. The highest BCUT2D eigenvalue weighted by atomic mass is 15.2. The molecule has 0 saturated heterocycles. The Morgan fingerprint density at radius 2 is 1.86 bits per heavy atom. The second-order valence-corrected chi connectivity index (χ2v) is 6.63. The second kappa shape index (κ2) is 7.10. The number of nitrogens with one attached hydrogen (secondary N) is 1. The van der Waals surface area contributed by atoms with E-state index in [1.165, 1.54) is 37.7 Å². The molecule has 0 radical (unpaired) electrons. The summed E-state index contributed by atoms with van der Waals surface area (Å²) < 4.78 is 0. The van der Waals surface area contributed by atoms with Crippen molar-refractivity contribution >= 4 is 11.6 Å². The van der Waals surface area contributed by atoms with Gasteiger partial charge in [0.1, 0.15) is 17.5 Å². The Balaban J connectivity index is 2.32.